The van der Waals surface area contributed by atoms with Gasteiger partial charge in [-0.25, -0.2) is 4.68 Å². The monoisotopic (exact) mass is 402 g/mol. The number of nitrogens with zero attached hydrogens (tertiary/aromatic N) is 4. The fraction of sp³-hybridized carbons (Fsp3) is 0.105. The first-order valence-corrected chi connectivity index (χ1v) is 9.48. The highest BCUT2D eigenvalue weighted by Gasteiger charge is 2.12. The third-order valence-electron chi connectivity index (χ3n) is 3.53. The standard InChI is InChI=1S/C19H16Cl2N4S/c1-3-9-23-19-25(24-13(2)17-6-4-5-10-22-17)18(12-26-19)15-8-7-14(20)11-16(15)21/h3-8,10-12H,1,9H2,2H3. The Morgan fingerprint density at radius 1 is 1.31 bits per heavy atom. The van der Waals surface area contributed by atoms with E-state index in [-0.39, 0.29) is 0 Å². The summed E-state index contributed by atoms with van der Waals surface area (Å²) in [5.41, 5.74) is 3.25. The highest BCUT2D eigenvalue weighted by molar-refractivity contribution is 7.07. The Hall–Kier alpha value is -2.21. The minimum atomic E-state index is 0.506. The van der Waals surface area contributed by atoms with E-state index in [1.165, 1.54) is 11.3 Å². The highest BCUT2D eigenvalue weighted by Crippen LogP contribution is 2.30. The van der Waals surface area contributed by atoms with Gasteiger partial charge in [0.1, 0.15) is 0 Å². The number of halogens is 2. The first-order chi connectivity index (χ1) is 12.6. The van der Waals surface area contributed by atoms with Gasteiger partial charge in [0, 0.05) is 22.2 Å². The quantitative estimate of drug-likeness (QED) is 0.422. The molecule has 26 heavy (non-hydrogen) atoms. The van der Waals surface area contributed by atoms with E-state index in [9.17, 15) is 0 Å². The minimum absolute atomic E-state index is 0.506. The molecule has 0 spiro atoms. The molecule has 0 unspecified atom stereocenters. The summed E-state index contributed by atoms with van der Waals surface area (Å²) in [7, 11) is 0. The molecule has 132 valence electrons. The van der Waals surface area contributed by atoms with Crippen LogP contribution in [0.3, 0.4) is 0 Å². The van der Waals surface area contributed by atoms with Crippen LogP contribution in [0.25, 0.3) is 11.3 Å². The first-order valence-electron chi connectivity index (χ1n) is 7.84. The molecule has 0 aliphatic carbocycles. The molecule has 0 saturated carbocycles. The molecule has 0 aliphatic heterocycles. The zero-order valence-electron chi connectivity index (χ0n) is 14.1. The van der Waals surface area contributed by atoms with E-state index in [0.717, 1.165) is 27.5 Å². The molecule has 0 saturated heterocycles. The van der Waals surface area contributed by atoms with E-state index in [0.29, 0.717) is 16.6 Å². The Morgan fingerprint density at radius 3 is 2.85 bits per heavy atom. The van der Waals surface area contributed by atoms with Crippen molar-refractivity contribution in [2.24, 2.45) is 10.1 Å². The molecule has 1 aromatic carbocycles. The van der Waals surface area contributed by atoms with Crippen molar-refractivity contribution >= 4 is 40.3 Å². The summed E-state index contributed by atoms with van der Waals surface area (Å²) < 4.78 is 1.79. The molecule has 0 atom stereocenters. The van der Waals surface area contributed by atoms with Crippen LogP contribution in [-0.2, 0) is 0 Å². The van der Waals surface area contributed by atoms with Crippen molar-refractivity contribution in [1.29, 1.82) is 0 Å². The molecule has 0 bridgehead atoms. The van der Waals surface area contributed by atoms with Crippen LogP contribution < -0.4 is 4.80 Å². The van der Waals surface area contributed by atoms with Crippen LogP contribution in [0.1, 0.15) is 12.6 Å². The maximum Gasteiger partial charge on any atom is 0.206 e. The van der Waals surface area contributed by atoms with Crippen LogP contribution in [0.5, 0.6) is 0 Å². The summed E-state index contributed by atoms with van der Waals surface area (Å²) in [6.45, 7) is 6.14. The smallest absolute Gasteiger partial charge is 0.206 e. The van der Waals surface area contributed by atoms with Crippen molar-refractivity contribution < 1.29 is 0 Å². The van der Waals surface area contributed by atoms with Crippen molar-refractivity contribution in [3.63, 3.8) is 0 Å². The number of rotatable bonds is 5. The third kappa shape index (κ3) is 4.12. The van der Waals surface area contributed by atoms with E-state index in [2.05, 4.69) is 16.6 Å². The fourth-order valence-corrected chi connectivity index (χ4v) is 3.64. The lowest BCUT2D eigenvalue weighted by molar-refractivity contribution is 0.833. The van der Waals surface area contributed by atoms with Gasteiger partial charge in [-0.1, -0.05) is 35.3 Å². The topological polar surface area (TPSA) is 42.5 Å². The van der Waals surface area contributed by atoms with Crippen LogP contribution in [0.2, 0.25) is 10.0 Å². The number of thiazole rings is 1. The second-order valence-corrected chi connectivity index (χ2v) is 7.05. The maximum atomic E-state index is 6.40. The molecule has 4 nitrogen and oxygen atoms in total. The molecule has 2 heterocycles. The average molecular weight is 403 g/mol. The molecular weight excluding hydrogens is 387 g/mol. The van der Waals surface area contributed by atoms with E-state index in [4.69, 9.17) is 28.3 Å². The van der Waals surface area contributed by atoms with Gasteiger partial charge in [0.15, 0.2) is 0 Å². The van der Waals surface area contributed by atoms with E-state index >= 15 is 0 Å². The minimum Gasteiger partial charge on any atom is -0.255 e. The lowest BCUT2D eigenvalue weighted by atomic mass is 10.2. The molecule has 0 N–H and O–H groups in total. The van der Waals surface area contributed by atoms with Crippen molar-refractivity contribution in [2.75, 3.05) is 6.54 Å². The molecule has 0 fully saturated rings. The predicted octanol–water partition coefficient (Wildman–Crippen LogP) is 5.28. The number of hydrogen-bond acceptors (Lipinski definition) is 4. The average Bonchev–Trinajstić information content (AvgIpc) is 3.03. The Morgan fingerprint density at radius 2 is 2.15 bits per heavy atom. The molecular formula is C19H16Cl2N4S. The van der Waals surface area contributed by atoms with Crippen LogP contribution in [0, 0.1) is 0 Å². The summed E-state index contributed by atoms with van der Waals surface area (Å²) in [6.07, 6.45) is 3.49. The highest BCUT2D eigenvalue weighted by atomic mass is 35.5. The van der Waals surface area contributed by atoms with Crippen molar-refractivity contribution in [1.82, 2.24) is 9.66 Å². The second-order valence-electron chi connectivity index (χ2n) is 5.37. The van der Waals surface area contributed by atoms with Gasteiger partial charge in [-0.3, -0.25) is 9.98 Å². The summed E-state index contributed by atoms with van der Waals surface area (Å²) >= 11 is 13.9. The Labute approximate surface area is 165 Å². The molecule has 0 amide bonds. The Balaban J connectivity index is 2.18. The molecule has 2 aromatic heterocycles. The van der Waals surface area contributed by atoms with E-state index in [1.54, 1.807) is 29.1 Å². The SMILES string of the molecule is C=CCN=c1scc(-c2ccc(Cl)cc2Cl)n1N=C(C)c1ccccn1. The summed E-state index contributed by atoms with van der Waals surface area (Å²) in [5, 5.41) is 7.87. The van der Waals surface area contributed by atoms with Crippen LogP contribution in [0.4, 0.5) is 0 Å². The summed E-state index contributed by atoms with van der Waals surface area (Å²) in [4.78, 5) is 9.63. The lowest BCUT2D eigenvalue weighted by Gasteiger charge is -2.08. The summed E-state index contributed by atoms with van der Waals surface area (Å²) in [5.74, 6) is 0. The molecule has 0 radical (unpaired) electrons. The normalized spacial score (nSPS) is 12.4. The van der Waals surface area contributed by atoms with Crippen molar-refractivity contribution in [2.45, 2.75) is 6.92 Å². The largest absolute Gasteiger partial charge is 0.255 e. The number of hydrogen-bond donors (Lipinski definition) is 0. The van der Waals surface area contributed by atoms with Crippen molar-refractivity contribution in [3.8, 4) is 11.3 Å². The molecule has 7 heteroatoms. The van der Waals surface area contributed by atoms with Gasteiger partial charge in [0.25, 0.3) is 0 Å². The Kier molecular flexibility index (Phi) is 6.04. The molecule has 3 aromatic rings. The van der Waals surface area contributed by atoms with Gasteiger partial charge in [-0.05, 0) is 37.3 Å². The van der Waals surface area contributed by atoms with Gasteiger partial charge < -0.3 is 0 Å². The van der Waals surface area contributed by atoms with E-state index in [1.807, 2.05) is 36.6 Å². The van der Waals surface area contributed by atoms with Gasteiger partial charge >= 0.3 is 0 Å². The van der Waals surface area contributed by atoms with Crippen LogP contribution in [-0.4, -0.2) is 21.9 Å². The third-order valence-corrected chi connectivity index (χ3v) is 4.94. The molecule has 3 rings (SSSR count). The predicted molar refractivity (Wildman–Crippen MR) is 110 cm³/mol. The maximum absolute atomic E-state index is 6.40. The fourth-order valence-electron chi connectivity index (χ4n) is 2.31. The second kappa shape index (κ2) is 8.45. The van der Waals surface area contributed by atoms with Gasteiger partial charge in [0.2, 0.25) is 4.80 Å². The number of aromatic nitrogens is 2. The first kappa shape index (κ1) is 18.6. The zero-order valence-corrected chi connectivity index (χ0v) is 16.4. The lowest BCUT2D eigenvalue weighted by Crippen LogP contribution is -2.15. The van der Waals surface area contributed by atoms with Crippen molar-refractivity contribution in [3.05, 3.63) is 81.2 Å². The van der Waals surface area contributed by atoms with Crippen LogP contribution >= 0.6 is 34.5 Å². The van der Waals surface area contributed by atoms with Crippen LogP contribution in [0.15, 0.2) is 70.7 Å². The number of benzene rings is 1. The zero-order chi connectivity index (χ0) is 18.5. The van der Waals surface area contributed by atoms with Gasteiger partial charge in [-0.15, -0.1) is 17.9 Å². The van der Waals surface area contributed by atoms with Gasteiger partial charge in [0.05, 0.1) is 28.7 Å². The van der Waals surface area contributed by atoms with E-state index < -0.39 is 0 Å². The number of pyridine rings is 1. The summed E-state index contributed by atoms with van der Waals surface area (Å²) in [6, 6.07) is 11.1. The Bertz CT molecular complexity index is 1020. The van der Waals surface area contributed by atoms with Gasteiger partial charge in [-0.2, -0.15) is 5.10 Å². The molecule has 0 aliphatic rings.